The third-order valence-corrected chi connectivity index (χ3v) is 9.76. The fourth-order valence-corrected chi connectivity index (χ4v) is 7.28. The minimum atomic E-state index is -0.151. The second kappa shape index (κ2) is 8.65. The molecule has 4 aliphatic carbocycles. The van der Waals surface area contributed by atoms with Crippen LogP contribution in [-0.2, 0) is 9.53 Å². The molecule has 32 heavy (non-hydrogen) atoms. The Morgan fingerprint density at radius 3 is 2.53 bits per heavy atom. The van der Waals surface area contributed by atoms with Crippen LogP contribution in [-0.4, -0.2) is 12.1 Å². The summed E-state index contributed by atoms with van der Waals surface area (Å²) >= 11 is 0. The Bertz CT molecular complexity index is 871. The summed E-state index contributed by atoms with van der Waals surface area (Å²) in [6.45, 7) is 16.0. The number of hydrogen-bond acceptors (Lipinski definition) is 2. The monoisotopic (exact) mass is 436 g/mol. The van der Waals surface area contributed by atoms with Gasteiger partial charge in [0.25, 0.3) is 0 Å². The standard InChI is InChI=1S/C30H44O2/c1-19(2)20(3)8-9-21(4)26-12-13-27-25-11-10-23-18-24(32-22(5)31)14-16-29(23,6)28(25)15-17-30(26,27)7/h8-11,15,19-21,24,26-27H,12-14,16-18H2,1-7H3/b9-8+/t20-,21+,24+,26-,27-,29+,30-/m0/s1. The molecule has 0 unspecified atom stereocenters. The highest BCUT2D eigenvalue weighted by Gasteiger charge is 2.54. The molecule has 0 bridgehead atoms. The van der Waals surface area contributed by atoms with E-state index in [1.807, 2.05) is 0 Å². The summed E-state index contributed by atoms with van der Waals surface area (Å²) in [5.41, 5.74) is 5.15. The van der Waals surface area contributed by atoms with E-state index in [2.05, 4.69) is 71.9 Å². The third kappa shape index (κ3) is 3.97. The highest BCUT2D eigenvalue weighted by atomic mass is 16.5. The van der Waals surface area contributed by atoms with Crippen LogP contribution >= 0.6 is 0 Å². The molecule has 0 aliphatic heterocycles. The Morgan fingerprint density at radius 1 is 1.09 bits per heavy atom. The number of esters is 1. The quantitative estimate of drug-likeness (QED) is 0.324. The number of rotatable bonds is 5. The van der Waals surface area contributed by atoms with E-state index < -0.39 is 0 Å². The first kappa shape index (κ1) is 23.6. The first-order chi connectivity index (χ1) is 15.1. The Morgan fingerprint density at radius 2 is 1.84 bits per heavy atom. The van der Waals surface area contributed by atoms with E-state index in [-0.39, 0.29) is 17.5 Å². The van der Waals surface area contributed by atoms with Gasteiger partial charge < -0.3 is 4.74 Å². The van der Waals surface area contributed by atoms with Crippen LogP contribution < -0.4 is 0 Å². The Kier molecular flexibility index (Phi) is 6.38. The number of fused-ring (bicyclic) bond motifs is 5. The molecular formula is C30H44O2. The topological polar surface area (TPSA) is 26.3 Å². The van der Waals surface area contributed by atoms with E-state index in [4.69, 9.17) is 4.74 Å². The molecule has 0 heterocycles. The summed E-state index contributed by atoms with van der Waals surface area (Å²) in [4.78, 5) is 11.5. The Hall–Kier alpha value is -1.57. The lowest BCUT2D eigenvalue weighted by Crippen LogP contribution is -2.41. The third-order valence-electron chi connectivity index (χ3n) is 9.76. The minimum absolute atomic E-state index is 0.0490. The van der Waals surface area contributed by atoms with E-state index in [0.717, 1.165) is 25.2 Å². The maximum absolute atomic E-state index is 11.5. The summed E-state index contributed by atoms with van der Waals surface area (Å²) < 4.78 is 5.58. The van der Waals surface area contributed by atoms with Crippen molar-refractivity contribution >= 4 is 5.97 Å². The van der Waals surface area contributed by atoms with Crippen LogP contribution in [0.5, 0.6) is 0 Å². The molecule has 176 valence electrons. The van der Waals surface area contributed by atoms with Gasteiger partial charge in [0, 0.05) is 18.8 Å². The summed E-state index contributed by atoms with van der Waals surface area (Å²) in [5.74, 6) is 3.25. The van der Waals surface area contributed by atoms with Gasteiger partial charge in [0.2, 0.25) is 0 Å². The average Bonchev–Trinajstić information content (AvgIpc) is 3.08. The molecule has 0 saturated heterocycles. The van der Waals surface area contributed by atoms with Crippen molar-refractivity contribution in [1.82, 2.24) is 0 Å². The number of carbonyl (C=O) groups is 1. The van der Waals surface area contributed by atoms with Gasteiger partial charge in [0.15, 0.2) is 0 Å². The molecule has 0 amide bonds. The molecule has 7 atom stereocenters. The van der Waals surface area contributed by atoms with Gasteiger partial charge in [0.05, 0.1) is 0 Å². The Balaban J connectivity index is 1.57. The molecule has 0 spiro atoms. The van der Waals surface area contributed by atoms with Crippen molar-refractivity contribution in [3.05, 3.63) is 47.1 Å². The van der Waals surface area contributed by atoms with Gasteiger partial charge in [-0.1, -0.05) is 77.5 Å². The minimum Gasteiger partial charge on any atom is -0.462 e. The van der Waals surface area contributed by atoms with Crippen molar-refractivity contribution in [2.75, 3.05) is 0 Å². The number of hydrogen-bond donors (Lipinski definition) is 0. The molecule has 4 rings (SSSR count). The van der Waals surface area contributed by atoms with Crippen molar-refractivity contribution in [1.29, 1.82) is 0 Å². The van der Waals surface area contributed by atoms with Gasteiger partial charge in [-0.05, 0) is 78.3 Å². The zero-order valence-electron chi connectivity index (χ0n) is 21.4. The maximum atomic E-state index is 11.5. The molecule has 2 nitrogen and oxygen atoms in total. The van der Waals surface area contributed by atoms with Crippen LogP contribution in [0.4, 0.5) is 0 Å². The summed E-state index contributed by atoms with van der Waals surface area (Å²) in [5, 5.41) is 0. The second-order valence-corrected chi connectivity index (χ2v) is 12.0. The van der Waals surface area contributed by atoms with Crippen molar-refractivity contribution in [2.24, 2.45) is 40.4 Å². The van der Waals surface area contributed by atoms with Crippen LogP contribution in [0.25, 0.3) is 0 Å². The van der Waals surface area contributed by atoms with Crippen LogP contribution in [0.1, 0.15) is 87.0 Å². The van der Waals surface area contributed by atoms with E-state index in [9.17, 15) is 4.79 Å². The van der Waals surface area contributed by atoms with E-state index in [0.29, 0.717) is 29.1 Å². The average molecular weight is 437 g/mol. The normalized spacial score (nSPS) is 38.2. The van der Waals surface area contributed by atoms with Gasteiger partial charge in [0.1, 0.15) is 6.10 Å². The molecular weight excluding hydrogens is 392 g/mol. The van der Waals surface area contributed by atoms with Gasteiger partial charge in [-0.15, -0.1) is 0 Å². The fourth-order valence-electron chi connectivity index (χ4n) is 7.28. The Labute approximate surface area is 196 Å². The highest BCUT2D eigenvalue weighted by molar-refractivity contribution is 5.66. The first-order valence-corrected chi connectivity index (χ1v) is 13.0. The number of ether oxygens (including phenoxy) is 1. The highest BCUT2D eigenvalue weighted by Crippen LogP contribution is 2.64. The van der Waals surface area contributed by atoms with Gasteiger partial charge in [-0.25, -0.2) is 0 Å². The number of allylic oxidation sites excluding steroid dienone is 7. The van der Waals surface area contributed by atoms with Crippen LogP contribution in [0.3, 0.4) is 0 Å². The van der Waals surface area contributed by atoms with Gasteiger partial charge >= 0.3 is 5.97 Å². The van der Waals surface area contributed by atoms with Crippen molar-refractivity contribution in [3.8, 4) is 0 Å². The van der Waals surface area contributed by atoms with E-state index >= 15 is 0 Å². The van der Waals surface area contributed by atoms with Crippen molar-refractivity contribution in [2.45, 2.75) is 93.1 Å². The second-order valence-electron chi connectivity index (χ2n) is 12.0. The molecule has 0 aromatic rings. The summed E-state index contributed by atoms with van der Waals surface area (Å²) in [6, 6.07) is 0. The molecule has 4 aliphatic rings. The first-order valence-electron chi connectivity index (χ1n) is 13.0. The van der Waals surface area contributed by atoms with E-state index in [1.165, 1.54) is 31.8 Å². The predicted molar refractivity (Wildman–Crippen MR) is 133 cm³/mol. The lowest BCUT2D eigenvalue weighted by Gasteiger charge is -2.50. The number of carbonyl (C=O) groups excluding carboxylic acids is 1. The lowest BCUT2D eigenvalue weighted by atomic mass is 9.54. The molecule has 0 aromatic carbocycles. The zero-order chi connectivity index (χ0) is 23.3. The summed E-state index contributed by atoms with van der Waals surface area (Å²) in [7, 11) is 0. The molecule has 2 heteroatoms. The van der Waals surface area contributed by atoms with Crippen molar-refractivity contribution in [3.63, 3.8) is 0 Å². The van der Waals surface area contributed by atoms with Crippen LogP contribution in [0.2, 0.25) is 0 Å². The molecule has 0 aromatic heterocycles. The van der Waals surface area contributed by atoms with Crippen LogP contribution in [0, 0.1) is 40.4 Å². The van der Waals surface area contributed by atoms with Gasteiger partial charge in [-0.3, -0.25) is 4.79 Å². The molecule has 0 radical (unpaired) electrons. The lowest BCUT2D eigenvalue weighted by molar-refractivity contribution is -0.147. The van der Waals surface area contributed by atoms with Crippen molar-refractivity contribution < 1.29 is 9.53 Å². The molecule has 0 N–H and O–H groups in total. The maximum Gasteiger partial charge on any atom is 0.302 e. The fraction of sp³-hybridized carbons (Fsp3) is 0.700. The predicted octanol–water partition coefficient (Wildman–Crippen LogP) is 7.82. The summed E-state index contributed by atoms with van der Waals surface area (Å²) in [6.07, 6.45) is 19.2. The van der Waals surface area contributed by atoms with Gasteiger partial charge in [-0.2, -0.15) is 0 Å². The molecule has 2 fully saturated rings. The zero-order valence-corrected chi connectivity index (χ0v) is 21.4. The van der Waals surface area contributed by atoms with Crippen LogP contribution in [0.15, 0.2) is 47.1 Å². The SMILES string of the molecule is CC(=O)O[C@@H]1CC[C@]2(C)C(=CC=C3C2=CC[C@]2(C)[C@H]3CC[C@H]2[C@H](C)/C=C/[C@H](C)C(C)C)C1. The largest absolute Gasteiger partial charge is 0.462 e. The van der Waals surface area contributed by atoms with E-state index in [1.54, 1.807) is 11.1 Å². The molecule has 2 saturated carbocycles. The smallest absolute Gasteiger partial charge is 0.302 e.